The normalized spacial score (nSPS) is 15.3. The van der Waals surface area contributed by atoms with E-state index in [9.17, 15) is 0 Å². The van der Waals surface area contributed by atoms with E-state index in [4.69, 9.17) is 9.72 Å². The molecule has 23 heavy (non-hydrogen) atoms. The van der Waals surface area contributed by atoms with Crippen LogP contribution >= 0.6 is 0 Å². The summed E-state index contributed by atoms with van der Waals surface area (Å²) in [5.41, 5.74) is 7.05. The first-order valence-electron chi connectivity index (χ1n) is 8.11. The number of aromatic amines is 1. The number of rotatable bonds is 2. The van der Waals surface area contributed by atoms with Crippen molar-refractivity contribution >= 4 is 16.7 Å². The number of nitrogens with zero attached hydrogens (tertiary/aromatic N) is 2. The smallest absolute Gasteiger partial charge is 0.138 e. The third-order valence-corrected chi connectivity index (χ3v) is 4.47. The molecule has 4 heteroatoms. The van der Waals surface area contributed by atoms with Gasteiger partial charge in [0, 0.05) is 24.3 Å². The fourth-order valence-corrected chi connectivity index (χ4v) is 3.16. The average Bonchev–Trinajstić information content (AvgIpc) is 2.99. The number of aryl methyl sites for hydroxylation is 2. The van der Waals surface area contributed by atoms with Gasteiger partial charge in [0.25, 0.3) is 0 Å². The average molecular weight is 307 g/mol. The number of ether oxygens (including phenoxy) is 1. The van der Waals surface area contributed by atoms with Crippen molar-refractivity contribution < 1.29 is 4.74 Å². The highest BCUT2D eigenvalue weighted by atomic mass is 16.5. The molecular weight excluding hydrogens is 286 g/mol. The lowest BCUT2D eigenvalue weighted by Gasteiger charge is -2.30. The van der Waals surface area contributed by atoms with Crippen molar-refractivity contribution in [2.24, 2.45) is 0 Å². The summed E-state index contributed by atoms with van der Waals surface area (Å²) >= 11 is 0. The quantitative estimate of drug-likeness (QED) is 0.785. The lowest BCUT2D eigenvalue weighted by molar-refractivity contribution is 0.122. The summed E-state index contributed by atoms with van der Waals surface area (Å²) in [6.45, 7) is 7.76. The first-order chi connectivity index (χ1) is 11.2. The maximum absolute atomic E-state index is 5.47. The van der Waals surface area contributed by atoms with Crippen molar-refractivity contribution in [2.45, 2.75) is 13.8 Å². The minimum atomic E-state index is 0.799. The number of benzene rings is 2. The molecule has 4 nitrogen and oxygen atoms in total. The summed E-state index contributed by atoms with van der Waals surface area (Å²) in [6.07, 6.45) is 0. The first kappa shape index (κ1) is 14.3. The molecule has 1 aliphatic heterocycles. The molecule has 0 aliphatic carbocycles. The van der Waals surface area contributed by atoms with Crippen LogP contribution in [0.3, 0.4) is 0 Å². The molecular formula is C19H21N3O. The molecule has 0 saturated carbocycles. The van der Waals surface area contributed by atoms with Crippen LogP contribution in [0.5, 0.6) is 0 Å². The molecule has 2 heterocycles. The molecule has 0 amide bonds. The molecule has 4 rings (SSSR count). The number of anilines is 1. The number of hydrogen-bond acceptors (Lipinski definition) is 3. The molecule has 1 aliphatic rings. The summed E-state index contributed by atoms with van der Waals surface area (Å²) in [4.78, 5) is 10.6. The summed E-state index contributed by atoms with van der Waals surface area (Å²) in [5, 5.41) is 0. The molecule has 0 atom stereocenters. The molecule has 0 unspecified atom stereocenters. The molecule has 1 N–H and O–H groups in total. The number of H-pyrrole nitrogens is 1. The number of aromatic nitrogens is 2. The Labute approximate surface area is 136 Å². The Morgan fingerprint density at radius 3 is 2.70 bits per heavy atom. The number of hydrogen-bond donors (Lipinski definition) is 1. The molecule has 2 aromatic carbocycles. The second-order valence-electron chi connectivity index (χ2n) is 6.21. The summed E-state index contributed by atoms with van der Waals surface area (Å²) < 4.78 is 5.47. The van der Waals surface area contributed by atoms with Gasteiger partial charge in [-0.05, 0) is 43.2 Å². The van der Waals surface area contributed by atoms with E-state index in [0.29, 0.717) is 0 Å². The van der Waals surface area contributed by atoms with Crippen molar-refractivity contribution in [3.05, 3.63) is 47.5 Å². The van der Waals surface area contributed by atoms with Crippen LogP contribution < -0.4 is 4.90 Å². The molecule has 0 radical (unpaired) electrons. The van der Waals surface area contributed by atoms with Crippen LogP contribution in [-0.2, 0) is 4.74 Å². The third kappa shape index (κ3) is 2.70. The van der Waals surface area contributed by atoms with E-state index in [0.717, 1.165) is 48.7 Å². The zero-order valence-corrected chi connectivity index (χ0v) is 13.6. The van der Waals surface area contributed by atoms with Gasteiger partial charge >= 0.3 is 0 Å². The van der Waals surface area contributed by atoms with E-state index in [1.165, 1.54) is 16.8 Å². The highest BCUT2D eigenvalue weighted by molar-refractivity contribution is 5.80. The predicted octanol–water partition coefficient (Wildman–Crippen LogP) is 3.68. The third-order valence-electron chi connectivity index (χ3n) is 4.47. The van der Waals surface area contributed by atoms with Gasteiger partial charge in [0.15, 0.2) is 0 Å². The van der Waals surface area contributed by atoms with Crippen molar-refractivity contribution in [1.29, 1.82) is 0 Å². The van der Waals surface area contributed by atoms with Crippen molar-refractivity contribution in [3.63, 3.8) is 0 Å². The Balaban J connectivity index is 1.75. The number of fused-ring (bicyclic) bond motifs is 1. The Bertz CT molecular complexity index is 847. The Morgan fingerprint density at radius 1 is 1.04 bits per heavy atom. The highest BCUT2D eigenvalue weighted by Gasteiger charge is 2.15. The van der Waals surface area contributed by atoms with Crippen LogP contribution in [0.15, 0.2) is 36.4 Å². The summed E-state index contributed by atoms with van der Waals surface area (Å²) in [7, 11) is 0. The van der Waals surface area contributed by atoms with E-state index in [1.807, 2.05) is 0 Å². The largest absolute Gasteiger partial charge is 0.378 e. The van der Waals surface area contributed by atoms with Gasteiger partial charge in [-0.1, -0.05) is 18.2 Å². The fourth-order valence-electron chi connectivity index (χ4n) is 3.16. The predicted molar refractivity (Wildman–Crippen MR) is 94.0 cm³/mol. The molecule has 1 fully saturated rings. The number of morpholine rings is 1. The van der Waals surface area contributed by atoms with Gasteiger partial charge in [-0.15, -0.1) is 0 Å². The summed E-state index contributed by atoms with van der Waals surface area (Å²) in [6, 6.07) is 12.9. The molecule has 0 bridgehead atoms. The number of nitrogens with one attached hydrogen (secondary N) is 1. The van der Waals surface area contributed by atoms with Crippen LogP contribution in [0.1, 0.15) is 11.1 Å². The van der Waals surface area contributed by atoms with Crippen molar-refractivity contribution in [2.75, 3.05) is 31.2 Å². The van der Waals surface area contributed by atoms with E-state index in [-0.39, 0.29) is 0 Å². The maximum Gasteiger partial charge on any atom is 0.138 e. The van der Waals surface area contributed by atoms with E-state index < -0.39 is 0 Å². The van der Waals surface area contributed by atoms with Crippen LogP contribution in [-0.4, -0.2) is 36.3 Å². The zero-order chi connectivity index (χ0) is 15.8. The first-order valence-corrected chi connectivity index (χ1v) is 8.11. The summed E-state index contributed by atoms with van der Waals surface area (Å²) in [5.74, 6) is 0.931. The van der Waals surface area contributed by atoms with Crippen LogP contribution in [0.25, 0.3) is 22.4 Å². The minimum absolute atomic E-state index is 0.799. The van der Waals surface area contributed by atoms with E-state index in [1.54, 1.807) is 0 Å². The van der Waals surface area contributed by atoms with Gasteiger partial charge in [0.05, 0.1) is 24.2 Å². The molecule has 3 aromatic rings. The van der Waals surface area contributed by atoms with Gasteiger partial charge in [-0.2, -0.15) is 0 Å². The van der Waals surface area contributed by atoms with Gasteiger partial charge in [0.1, 0.15) is 5.82 Å². The lowest BCUT2D eigenvalue weighted by Crippen LogP contribution is -2.36. The molecule has 1 aromatic heterocycles. The van der Waals surface area contributed by atoms with E-state index in [2.05, 4.69) is 60.1 Å². The highest BCUT2D eigenvalue weighted by Crippen LogP contribution is 2.28. The topological polar surface area (TPSA) is 41.2 Å². The Morgan fingerprint density at radius 2 is 1.87 bits per heavy atom. The van der Waals surface area contributed by atoms with Gasteiger partial charge in [-0.3, -0.25) is 0 Å². The van der Waals surface area contributed by atoms with Gasteiger partial charge in [0.2, 0.25) is 0 Å². The van der Waals surface area contributed by atoms with Crippen LogP contribution in [0, 0.1) is 13.8 Å². The molecule has 1 saturated heterocycles. The standard InChI is InChI=1S/C19H21N3O/c1-13-3-6-16-17(11-13)21-19(20-16)15-5-4-14(2)18(12-15)22-7-9-23-10-8-22/h3-6,11-12H,7-10H2,1-2H3,(H,20,21). The molecule has 118 valence electrons. The van der Waals surface area contributed by atoms with Crippen LogP contribution in [0.2, 0.25) is 0 Å². The van der Waals surface area contributed by atoms with Gasteiger partial charge < -0.3 is 14.6 Å². The Kier molecular flexibility index (Phi) is 3.54. The van der Waals surface area contributed by atoms with E-state index >= 15 is 0 Å². The zero-order valence-electron chi connectivity index (χ0n) is 13.6. The van der Waals surface area contributed by atoms with Gasteiger partial charge in [-0.25, -0.2) is 4.98 Å². The minimum Gasteiger partial charge on any atom is -0.378 e. The monoisotopic (exact) mass is 307 g/mol. The second kappa shape index (κ2) is 5.70. The molecule has 0 spiro atoms. The van der Waals surface area contributed by atoms with Crippen molar-refractivity contribution in [1.82, 2.24) is 9.97 Å². The lowest BCUT2D eigenvalue weighted by atomic mass is 10.1. The fraction of sp³-hybridized carbons (Fsp3) is 0.316. The van der Waals surface area contributed by atoms with Crippen LogP contribution in [0.4, 0.5) is 5.69 Å². The van der Waals surface area contributed by atoms with Crippen molar-refractivity contribution in [3.8, 4) is 11.4 Å². The maximum atomic E-state index is 5.47. The second-order valence-corrected chi connectivity index (χ2v) is 6.21. The SMILES string of the molecule is Cc1ccc2nc(-c3ccc(C)c(N4CCOCC4)c3)[nH]c2c1. The number of imidazole rings is 1. The Hall–Kier alpha value is -2.33.